The fraction of sp³-hybridized carbons (Fsp3) is 0.0698. The summed E-state index contributed by atoms with van der Waals surface area (Å²) in [6.45, 7) is 4.65. The molecule has 6 aromatic carbocycles. The highest BCUT2D eigenvalue weighted by molar-refractivity contribution is 6.11. The SMILES string of the molecule is CC1(C)c2ccccc2-c2ccc(-n3c4ccc(-c5ccc6c(c5)c5ccccc5n6-c5ccccc5)cc4c4nccnc43)cc21. The van der Waals surface area contributed by atoms with Crippen molar-refractivity contribution in [3.63, 3.8) is 0 Å². The van der Waals surface area contributed by atoms with E-state index in [-0.39, 0.29) is 5.41 Å². The van der Waals surface area contributed by atoms with Crippen molar-refractivity contribution in [2.75, 3.05) is 0 Å². The van der Waals surface area contributed by atoms with Crippen LogP contribution >= 0.6 is 0 Å². The second kappa shape index (κ2) is 9.51. The first-order valence-electron chi connectivity index (χ1n) is 16.2. The highest BCUT2D eigenvalue weighted by Gasteiger charge is 2.35. The van der Waals surface area contributed by atoms with Crippen molar-refractivity contribution in [3.05, 3.63) is 157 Å². The molecule has 222 valence electrons. The lowest BCUT2D eigenvalue weighted by atomic mass is 9.82. The van der Waals surface area contributed by atoms with E-state index in [2.05, 4.69) is 156 Å². The summed E-state index contributed by atoms with van der Waals surface area (Å²) in [5, 5.41) is 3.59. The van der Waals surface area contributed by atoms with Crippen LogP contribution < -0.4 is 0 Å². The highest BCUT2D eigenvalue weighted by Crippen LogP contribution is 2.49. The van der Waals surface area contributed by atoms with Gasteiger partial charge in [-0.25, -0.2) is 4.98 Å². The van der Waals surface area contributed by atoms with Crippen LogP contribution in [0.15, 0.2) is 146 Å². The van der Waals surface area contributed by atoms with Gasteiger partial charge in [-0.15, -0.1) is 0 Å². The Morgan fingerprint density at radius 1 is 0.468 bits per heavy atom. The molecule has 0 unspecified atom stereocenters. The van der Waals surface area contributed by atoms with Crippen molar-refractivity contribution in [3.8, 4) is 33.6 Å². The minimum absolute atomic E-state index is 0.0815. The first kappa shape index (κ1) is 26.2. The quantitative estimate of drug-likeness (QED) is 0.202. The molecule has 0 fully saturated rings. The Balaban J connectivity index is 1.15. The summed E-state index contributed by atoms with van der Waals surface area (Å²) in [6, 6.07) is 48.5. The molecule has 0 spiro atoms. The minimum Gasteiger partial charge on any atom is -0.309 e. The molecule has 0 bridgehead atoms. The molecule has 0 radical (unpaired) electrons. The van der Waals surface area contributed by atoms with E-state index in [9.17, 15) is 0 Å². The Morgan fingerprint density at radius 3 is 1.98 bits per heavy atom. The van der Waals surface area contributed by atoms with Gasteiger partial charge in [-0.05, 0) is 88.0 Å². The molecule has 47 heavy (non-hydrogen) atoms. The average Bonchev–Trinajstić information content (AvgIpc) is 3.71. The van der Waals surface area contributed by atoms with Crippen molar-refractivity contribution in [1.82, 2.24) is 19.1 Å². The van der Waals surface area contributed by atoms with Crippen molar-refractivity contribution in [2.24, 2.45) is 0 Å². The fourth-order valence-electron chi connectivity index (χ4n) is 8.00. The molecule has 10 rings (SSSR count). The third-order valence-corrected chi connectivity index (χ3v) is 10.2. The molecule has 0 saturated heterocycles. The second-order valence-electron chi connectivity index (χ2n) is 13.1. The Kier molecular flexibility index (Phi) is 5.31. The normalized spacial score (nSPS) is 13.5. The van der Waals surface area contributed by atoms with Crippen LogP contribution in [-0.4, -0.2) is 19.1 Å². The zero-order valence-electron chi connectivity index (χ0n) is 26.1. The standard InChI is InChI=1S/C43H30N4/c1-43(2)36-14-8-6-12-31(36)32-19-18-30(26-37(32)43)47-40-21-17-28(25-35(40)41-42(47)45-23-22-44-41)27-16-20-39-34(24-27)33-13-7-9-15-38(33)46(39)29-10-4-3-5-11-29/h3-26H,1-2H3. The third-order valence-electron chi connectivity index (χ3n) is 10.2. The lowest BCUT2D eigenvalue weighted by Gasteiger charge is -2.22. The van der Waals surface area contributed by atoms with Crippen LogP contribution in [0.25, 0.3) is 77.5 Å². The monoisotopic (exact) mass is 602 g/mol. The largest absolute Gasteiger partial charge is 0.309 e. The van der Waals surface area contributed by atoms with Gasteiger partial charge in [-0.3, -0.25) is 9.55 Å². The Bertz CT molecular complexity index is 2710. The topological polar surface area (TPSA) is 35.6 Å². The molecule has 1 aliphatic rings. The van der Waals surface area contributed by atoms with Crippen LogP contribution in [0.3, 0.4) is 0 Å². The summed E-state index contributed by atoms with van der Waals surface area (Å²) < 4.78 is 4.63. The summed E-state index contributed by atoms with van der Waals surface area (Å²) in [4.78, 5) is 9.74. The first-order chi connectivity index (χ1) is 23.1. The van der Waals surface area contributed by atoms with Crippen LogP contribution in [0.1, 0.15) is 25.0 Å². The molecule has 0 N–H and O–H groups in total. The summed E-state index contributed by atoms with van der Waals surface area (Å²) in [5.41, 5.74) is 15.2. The van der Waals surface area contributed by atoms with Gasteiger partial charge in [-0.2, -0.15) is 0 Å². The highest BCUT2D eigenvalue weighted by atomic mass is 15.1. The number of benzene rings is 6. The lowest BCUT2D eigenvalue weighted by Crippen LogP contribution is -2.15. The molecular formula is C43H30N4. The zero-order chi connectivity index (χ0) is 31.3. The zero-order valence-corrected chi connectivity index (χ0v) is 26.1. The van der Waals surface area contributed by atoms with E-state index in [1.165, 1.54) is 49.6 Å². The van der Waals surface area contributed by atoms with Crippen LogP contribution in [0.5, 0.6) is 0 Å². The smallest absolute Gasteiger partial charge is 0.164 e. The lowest BCUT2D eigenvalue weighted by molar-refractivity contribution is 0.660. The van der Waals surface area contributed by atoms with E-state index in [0.717, 1.165) is 39.0 Å². The van der Waals surface area contributed by atoms with Crippen LogP contribution in [0, 0.1) is 0 Å². The molecule has 0 atom stereocenters. The van der Waals surface area contributed by atoms with Gasteiger partial charge in [0.1, 0.15) is 5.52 Å². The minimum atomic E-state index is -0.0815. The molecule has 3 aromatic heterocycles. The van der Waals surface area contributed by atoms with Gasteiger partial charge in [0.15, 0.2) is 5.65 Å². The van der Waals surface area contributed by atoms with E-state index in [0.29, 0.717) is 0 Å². The van der Waals surface area contributed by atoms with E-state index in [1.807, 2.05) is 0 Å². The van der Waals surface area contributed by atoms with Crippen molar-refractivity contribution >= 4 is 43.9 Å². The van der Waals surface area contributed by atoms with Gasteiger partial charge >= 0.3 is 0 Å². The first-order valence-corrected chi connectivity index (χ1v) is 16.2. The maximum Gasteiger partial charge on any atom is 0.164 e. The summed E-state index contributed by atoms with van der Waals surface area (Å²) in [5.74, 6) is 0. The number of hydrogen-bond acceptors (Lipinski definition) is 2. The molecule has 0 amide bonds. The average molecular weight is 603 g/mol. The molecule has 1 aliphatic carbocycles. The van der Waals surface area contributed by atoms with Crippen LogP contribution in [0.2, 0.25) is 0 Å². The summed E-state index contributed by atoms with van der Waals surface area (Å²) >= 11 is 0. The molecule has 3 heterocycles. The predicted molar refractivity (Wildman–Crippen MR) is 194 cm³/mol. The van der Waals surface area contributed by atoms with Gasteiger partial charge in [0.05, 0.1) is 16.6 Å². The van der Waals surface area contributed by atoms with Crippen molar-refractivity contribution in [2.45, 2.75) is 19.3 Å². The summed E-state index contributed by atoms with van der Waals surface area (Å²) in [6.07, 6.45) is 3.59. The number of fused-ring (bicyclic) bond motifs is 9. The van der Waals surface area contributed by atoms with E-state index >= 15 is 0 Å². The van der Waals surface area contributed by atoms with Crippen molar-refractivity contribution < 1.29 is 0 Å². The van der Waals surface area contributed by atoms with Crippen LogP contribution in [0.4, 0.5) is 0 Å². The number of para-hydroxylation sites is 2. The van der Waals surface area contributed by atoms with Gasteiger partial charge in [0, 0.05) is 45.3 Å². The van der Waals surface area contributed by atoms with Gasteiger partial charge in [0.25, 0.3) is 0 Å². The molecule has 4 nitrogen and oxygen atoms in total. The number of nitrogens with zero attached hydrogens (tertiary/aromatic N) is 4. The molecule has 9 aromatic rings. The maximum absolute atomic E-state index is 4.87. The maximum atomic E-state index is 4.87. The second-order valence-corrected chi connectivity index (χ2v) is 13.1. The molecule has 0 aliphatic heterocycles. The van der Waals surface area contributed by atoms with E-state index in [1.54, 1.807) is 12.4 Å². The molecule has 4 heteroatoms. The Labute approximate surface area is 272 Å². The molecule has 0 saturated carbocycles. The number of hydrogen-bond donors (Lipinski definition) is 0. The Morgan fingerprint density at radius 2 is 1.13 bits per heavy atom. The van der Waals surface area contributed by atoms with E-state index < -0.39 is 0 Å². The van der Waals surface area contributed by atoms with Crippen molar-refractivity contribution in [1.29, 1.82) is 0 Å². The third kappa shape index (κ3) is 3.64. The summed E-state index contributed by atoms with van der Waals surface area (Å²) in [7, 11) is 0. The molecular weight excluding hydrogens is 573 g/mol. The van der Waals surface area contributed by atoms with E-state index in [4.69, 9.17) is 9.97 Å². The van der Waals surface area contributed by atoms with Gasteiger partial charge in [-0.1, -0.05) is 92.7 Å². The predicted octanol–water partition coefficient (Wildman–Crippen LogP) is 10.6. The Hall–Kier alpha value is -6.00. The van der Waals surface area contributed by atoms with Gasteiger partial charge < -0.3 is 4.57 Å². The van der Waals surface area contributed by atoms with Gasteiger partial charge in [0.2, 0.25) is 0 Å². The van der Waals surface area contributed by atoms with Crippen LogP contribution in [-0.2, 0) is 5.41 Å². The number of rotatable bonds is 3. The fourth-order valence-corrected chi connectivity index (χ4v) is 8.00. The number of aromatic nitrogens is 4.